The fraction of sp³-hybridized carbons (Fsp3) is 0.440. The van der Waals surface area contributed by atoms with E-state index in [1.807, 2.05) is 30.3 Å². The van der Waals surface area contributed by atoms with Crippen molar-refractivity contribution >= 4 is 27.5 Å². The molecule has 2 aliphatic heterocycles. The molecule has 4 rings (SSSR count). The Balaban J connectivity index is 1.45. The first-order chi connectivity index (χ1) is 15.8. The molecule has 0 spiro atoms. The molecule has 1 atom stereocenters. The van der Waals surface area contributed by atoms with Gasteiger partial charge in [0.15, 0.2) is 0 Å². The number of nitrogens with one attached hydrogen (secondary N) is 1. The highest BCUT2D eigenvalue weighted by molar-refractivity contribution is 7.89. The van der Waals surface area contributed by atoms with Gasteiger partial charge in [-0.3, -0.25) is 9.59 Å². The van der Waals surface area contributed by atoms with E-state index in [0.717, 1.165) is 31.2 Å². The molecule has 2 heterocycles. The summed E-state index contributed by atoms with van der Waals surface area (Å²) in [6, 6.07) is 14.7. The Morgan fingerprint density at radius 1 is 1.03 bits per heavy atom. The van der Waals surface area contributed by atoms with Crippen LogP contribution in [-0.2, 0) is 26.2 Å². The third kappa shape index (κ3) is 5.45. The van der Waals surface area contributed by atoms with Crippen LogP contribution in [0.15, 0.2) is 53.4 Å². The molecule has 0 aliphatic carbocycles. The summed E-state index contributed by atoms with van der Waals surface area (Å²) in [6.07, 6.45) is 3.97. The lowest BCUT2D eigenvalue weighted by molar-refractivity contribution is -0.128. The quantitative estimate of drug-likeness (QED) is 0.701. The molecule has 2 aromatic rings. The average molecular weight is 470 g/mol. The molecule has 2 saturated heterocycles. The minimum Gasteiger partial charge on any atom is -0.338 e. The smallest absolute Gasteiger partial charge is 0.243 e. The number of carbonyl (C=O) groups excluding carboxylic acids is 2. The number of rotatable bonds is 6. The summed E-state index contributed by atoms with van der Waals surface area (Å²) in [6.45, 7) is 3.66. The zero-order valence-electron chi connectivity index (χ0n) is 19.0. The van der Waals surface area contributed by atoms with Crippen LogP contribution in [0.4, 0.5) is 5.69 Å². The van der Waals surface area contributed by atoms with Crippen molar-refractivity contribution in [2.45, 2.75) is 50.5 Å². The summed E-state index contributed by atoms with van der Waals surface area (Å²) in [4.78, 5) is 27.3. The largest absolute Gasteiger partial charge is 0.338 e. The predicted molar refractivity (Wildman–Crippen MR) is 127 cm³/mol. The molecule has 2 fully saturated rings. The molecular weight excluding hydrogens is 438 g/mol. The van der Waals surface area contributed by atoms with Gasteiger partial charge in [-0.25, -0.2) is 8.42 Å². The number of hydrogen-bond acceptors (Lipinski definition) is 4. The number of amides is 2. The molecule has 176 valence electrons. The molecule has 8 heteroatoms. The van der Waals surface area contributed by atoms with Crippen molar-refractivity contribution < 1.29 is 18.0 Å². The SMILES string of the molecule is Cc1ccc(NC(=O)[C@@H]2CC(=O)N(Cc3ccccc3)C2)cc1S(=O)(=O)N1CCCCCC1. The van der Waals surface area contributed by atoms with E-state index in [9.17, 15) is 18.0 Å². The number of benzene rings is 2. The third-order valence-electron chi connectivity index (χ3n) is 6.44. The second kappa shape index (κ2) is 10.1. The number of hydrogen-bond donors (Lipinski definition) is 1. The Labute approximate surface area is 195 Å². The minimum absolute atomic E-state index is 0.0488. The van der Waals surface area contributed by atoms with Gasteiger partial charge in [0.1, 0.15) is 0 Å². The zero-order valence-corrected chi connectivity index (χ0v) is 19.8. The van der Waals surface area contributed by atoms with Crippen LogP contribution in [0, 0.1) is 12.8 Å². The molecule has 7 nitrogen and oxygen atoms in total. The van der Waals surface area contributed by atoms with Crippen LogP contribution in [-0.4, -0.2) is 49.1 Å². The van der Waals surface area contributed by atoms with E-state index in [2.05, 4.69) is 5.32 Å². The number of sulfonamides is 1. The average Bonchev–Trinajstić information content (AvgIpc) is 2.99. The second-order valence-electron chi connectivity index (χ2n) is 8.95. The molecule has 2 aromatic carbocycles. The standard InChI is InChI=1S/C25H31N3O4S/c1-19-11-12-22(16-23(19)33(31,32)28-13-7-2-3-8-14-28)26-25(30)21-15-24(29)27(18-21)17-20-9-5-4-6-10-20/h4-6,9-12,16,21H,2-3,7-8,13-15,17-18H2,1H3,(H,26,30)/t21-/m1/s1. The summed E-state index contributed by atoms with van der Waals surface area (Å²) in [7, 11) is -3.63. The van der Waals surface area contributed by atoms with Crippen LogP contribution >= 0.6 is 0 Å². The molecule has 0 aromatic heterocycles. The highest BCUT2D eigenvalue weighted by Crippen LogP contribution is 2.27. The van der Waals surface area contributed by atoms with Crippen LogP contribution in [0.1, 0.15) is 43.2 Å². The van der Waals surface area contributed by atoms with Crippen molar-refractivity contribution in [3.05, 3.63) is 59.7 Å². The Morgan fingerprint density at radius 3 is 2.42 bits per heavy atom. The number of aryl methyl sites for hydroxylation is 1. The number of likely N-dealkylation sites (tertiary alicyclic amines) is 1. The van der Waals surface area contributed by atoms with Gasteiger partial charge in [-0.05, 0) is 43.0 Å². The van der Waals surface area contributed by atoms with Crippen molar-refractivity contribution in [2.75, 3.05) is 25.0 Å². The Hall–Kier alpha value is -2.71. The highest BCUT2D eigenvalue weighted by atomic mass is 32.2. The van der Waals surface area contributed by atoms with Crippen molar-refractivity contribution in [3.8, 4) is 0 Å². The molecule has 0 saturated carbocycles. The van der Waals surface area contributed by atoms with Crippen LogP contribution in [0.25, 0.3) is 0 Å². The summed E-state index contributed by atoms with van der Waals surface area (Å²) in [5, 5.41) is 2.84. The van der Waals surface area contributed by atoms with E-state index >= 15 is 0 Å². The maximum atomic E-state index is 13.3. The van der Waals surface area contributed by atoms with Gasteiger partial charge in [-0.1, -0.05) is 49.2 Å². The Kier molecular flexibility index (Phi) is 7.14. The first-order valence-corrected chi connectivity index (χ1v) is 13.0. The lowest BCUT2D eigenvalue weighted by Crippen LogP contribution is -2.32. The van der Waals surface area contributed by atoms with Crippen molar-refractivity contribution in [3.63, 3.8) is 0 Å². The Bertz CT molecular complexity index is 1110. The monoisotopic (exact) mass is 469 g/mol. The molecule has 0 bridgehead atoms. The lowest BCUT2D eigenvalue weighted by atomic mass is 10.1. The fourth-order valence-electron chi connectivity index (χ4n) is 4.53. The predicted octanol–water partition coefficient (Wildman–Crippen LogP) is 3.55. The fourth-order valence-corrected chi connectivity index (χ4v) is 6.29. The zero-order chi connectivity index (χ0) is 23.4. The molecule has 2 aliphatic rings. The van der Waals surface area contributed by atoms with Gasteiger partial charge in [0.05, 0.1) is 10.8 Å². The van der Waals surface area contributed by atoms with Crippen molar-refractivity contribution in [2.24, 2.45) is 5.92 Å². The topological polar surface area (TPSA) is 86.8 Å². The summed E-state index contributed by atoms with van der Waals surface area (Å²) < 4.78 is 28.1. The van der Waals surface area contributed by atoms with E-state index in [0.29, 0.717) is 37.4 Å². The van der Waals surface area contributed by atoms with Gasteiger partial charge in [-0.15, -0.1) is 0 Å². The van der Waals surface area contributed by atoms with Crippen LogP contribution in [0.2, 0.25) is 0 Å². The minimum atomic E-state index is -3.63. The van der Waals surface area contributed by atoms with E-state index in [-0.39, 0.29) is 23.1 Å². The maximum Gasteiger partial charge on any atom is 0.243 e. The van der Waals surface area contributed by atoms with Crippen LogP contribution < -0.4 is 5.32 Å². The molecule has 2 amide bonds. The van der Waals surface area contributed by atoms with Gasteiger partial charge in [-0.2, -0.15) is 4.31 Å². The molecule has 1 N–H and O–H groups in total. The Morgan fingerprint density at radius 2 is 1.73 bits per heavy atom. The summed E-state index contributed by atoms with van der Waals surface area (Å²) in [5.74, 6) is -0.776. The molecule has 33 heavy (non-hydrogen) atoms. The second-order valence-corrected chi connectivity index (χ2v) is 10.9. The van der Waals surface area contributed by atoms with Gasteiger partial charge < -0.3 is 10.2 Å². The van der Waals surface area contributed by atoms with Gasteiger partial charge in [0, 0.05) is 38.3 Å². The number of nitrogens with zero attached hydrogens (tertiary/aromatic N) is 2. The first kappa shape index (κ1) is 23.4. The molecule has 0 radical (unpaired) electrons. The summed E-state index contributed by atoms with van der Waals surface area (Å²) in [5.41, 5.74) is 2.11. The summed E-state index contributed by atoms with van der Waals surface area (Å²) >= 11 is 0. The first-order valence-electron chi connectivity index (χ1n) is 11.6. The maximum absolute atomic E-state index is 13.3. The molecule has 0 unspecified atom stereocenters. The van der Waals surface area contributed by atoms with Gasteiger partial charge in [0.2, 0.25) is 21.8 Å². The molecular formula is C25H31N3O4S. The van der Waals surface area contributed by atoms with Crippen molar-refractivity contribution in [1.82, 2.24) is 9.21 Å². The highest BCUT2D eigenvalue weighted by Gasteiger charge is 2.34. The lowest BCUT2D eigenvalue weighted by Gasteiger charge is -2.22. The van der Waals surface area contributed by atoms with Gasteiger partial charge in [0.25, 0.3) is 0 Å². The number of carbonyl (C=O) groups is 2. The van der Waals surface area contributed by atoms with Crippen LogP contribution in [0.5, 0.6) is 0 Å². The van der Waals surface area contributed by atoms with Crippen molar-refractivity contribution in [1.29, 1.82) is 0 Å². The van der Waals surface area contributed by atoms with E-state index in [1.165, 1.54) is 0 Å². The normalized spacial score (nSPS) is 20.0. The van der Waals surface area contributed by atoms with Crippen LogP contribution in [0.3, 0.4) is 0 Å². The van der Waals surface area contributed by atoms with E-state index in [1.54, 1.807) is 34.3 Å². The van der Waals surface area contributed by atoms with Gasteiger partial charge >= 0.3 is 0 Å². The van der Waals surface area contributed by atoms with E-state index < -0.39 is 15.9 Å². The van der Waals surface area contributed by atoms with E-state index in [4.69, 9.17) is 0 Å². The third-order valence-corrected chi connectivity index (χ3v) is 8.48. The number of anilines is 1.